The highest BCUT2D eigenvalue weighted by Crippen LogP contribution is 2.38. The zero-order valence-corrected chi connectivity index (χ0v) is 14.6. The zero-order valence-electron chi connectivity index (χ0n) is 12.5. The minimum absolute atomic E-state index is 0.0241. The number of fused-ring (bicyclic) bond motifs is 1. The van der Waals surface area contributed by atoms with Crippen molar-refractivity contribution in [1.82, 2.24) is 9.97 Å². The van der Waals surface area contributed by atoms with Crippen LogP contribution in [0.1, 0.15) is 11.3 Å². The molecule has 3 nitrogen and oxygen atoms in total. The number of halogens is 7. The summed E-state index contributed by atoms with van der Waals surface area (Å²) in [6.45, 7) is 0. The Morgan fingerprint density at radius 3 is 2.04 bits per heavy atom. The van der Waals surface area contributed by atoms with E-state index >= 15 is 0 Å². The van der Waals surface area contributed by atoms with Crippen LogP contribution in [0.2, 0.25) is 0 Å². The minimum atomic E-state index is -5.04. The van der Waals surface area contributed by atoms with Gasteiger partial charge in [-0.25, -0.2) is 4.98 Å². The Morgan fingerprint density at radius 1 is 0.808 bits per heavy atom. The highest BCUT2D eigenvalue weighted by molar-refractivity contribution is 14.1. The lowest BCUT2D eigenvalue weighted by atomic mass is 10.1. The summed E-state index contributed by atoms with van der Waals surface area (Å²) in [6, 6.07) is 8.73. The van der Waals surface area contributed by atoms with Crippen molar-refractivity contribution >= 4 is 33.6 Å². The molecule has 136 valence electrons. The van der Waals surface area contributed by atoms with E-state index in [4.69, 9.17) is 4.74 Å². The summed E-state index contributed by atoms with van der Waals surface area (Å²) in [7, 11) is 0. The summed E-state index contributed by atoms with van der Waals surface area (Å²) in [5.41, 5.74) is -3.82. The van der Waals surface area contributed by atoms with Crippen molar-refractivity contribution in [2.45, 2.75) is 12.4 Å². The molecule has 0 saturated heterocycles. The van der Waals surface area contributed by atoms with Crippen molar-refractivity contribution in [3.8, 4) is 11.6 Å². The summed E-state index contributed by atoms with van der Waals surface area (Å²) >= 11 is 2.07. The van der Waals surface area contributed by atoms with Gasteiger partial charge in [-0.3, -0.25) is 0 Å². The van der Waals surface area contributed by atoms with Gasteiger partial charge in [-0.2, -0.15) is 31.3 Å². The lowest BCUT2D eigenvalue weighted by Crippen LogP contribution is -2.14. The fourth-order valence-corrected chi connectivity index (χ4v) is 2.51. The third kappa shape index (κ3) is 4.00. The molecule has 0 radical (unpaired) electrons. The molecule has 10 heteroatoms. The minimum Gasteiger partial charge on any atom is -0.439 e. The molecule has 0 aliphatic carbocycles. The summed E-state index contributed by atoms with van der Waals surface area (Å²) in [6.07, 6.45) is -10.0. The number of benzene rings is 1. The van der Waals surface area contributed by atoms with Gasteiger partial charge in [0.2, 0.25) is 5.88 Å². The first-order chi connectivity index (χ1) is 12.0. The van der Waals surface area contributed by atoms with Crippen molar-refractivity contribution in [2.75, 3.05) is 0 Å². The summed E-state index contributed by atoms with van der Waals surface area (Å²) < 4.78 is 84.3. The Hall–Kier alpha value is -2.11. The molecule has 2 aromatic heterocycles. The molecule has 0 atom stereocenters. The monoisotopic (exact) mass is 484 g/mol. The molecule has 0 spiro atoms. The van der Waals surface area contributed by atoms with Crippen molar-refractivity contribution in [2.24, 2.45) is 0 Å². The SMILES string of the molecule is FC(F)(F)c1cc(C(F)(F)F)c2ccc(Oc3ccc(I)cc3)nc2n1. The number of hydrogen-bond donors (Lipinski definition) is 0. The molecule has 26 heavy (non-hydrogen) atoms. The zero-order chi connectivity index (χ0) is 19.1. The maximum absolute atomic E-state index is 13.1. The predicted octanol–water partition coefficient (Wildman–Crippen LogP) is 6.06. The van der Waals surface area contributed by atoms with Crippen LogP contribution in [0.15, 0.2) is 42.5 Å². The summed E-state index contributed by atoms with van der Waals surface area (Å²) in [4.78, 5) is 6.93. The van der Waals surface area contributed by atoms with Crippen LogP contribution in [-0.2, 0) is 12.4 Å². The van der Waals surface area contributed by atoms with Gasteiger partial charge in [0.05, 0.1) is 5.56 Å². The Balaban J connectivity index is 2.11. The van der Waals surface area contributed by atoms with Crippen LogP contribution in [0.5, 0.6) is 11.6 Å². The van der Waals surface area contributed by atoms with Gasteiger partial charge in [-0.1, -0.05) is 0 Å². The number of aromatic nitrogens is 2. The molecule has 0 aliphatic rings. The number of ether oxygens (including phenoxy) is 1. The second kappa shape index (κ2) is 6.56. The fourth-order valence-electron chi connectivity index (χ4n) is 2.15. The molecule has 1 aromatic carbocycles. The molecular weight excluding hydrogens is 477 g/mol. The average Bonchev–Trinajstić information content (AvgIpc) is 2.54. The summed E-state index contributed by atoms with van der Waals surface area (Å²) in [5, 5.41) is -0.541. The van der Waals surface area contributed by atoms with Gasteiger partial charge < -0.3 is 4.74 Å². The van der Waals surface area contributed by atoms with Gasteiger partial charge in [0.1, 0.15) is 11.4 Å². The molecule has 0 unspecified atom stereocenters. The molecule has 2 heterocycles. The number of alkyl halides is 6. The number of nitrogens with zero attached hydrogens (tertiary/aromatic N) is 2. The van der Waals surface area contributed by atoms with Crippen LogP contribution >= 0.6 is 22.6 Å². The van der Waals surface area contributed by atoms with E-state index < -0.39 is 34.6 Å². The van der Waals surface area contributed by atoms with Crippen LogP contribution in [0, 0.1) is 3.57 Å². The molecular formula is C16H7F6IN2O. The van der Waals surface area contributed by atoms with Crippen LogP contribution < -0.4 is 4.74 Å². The van der Waals surface area contributed by atoms with E-state index in [1.807, 2.05) is 0 Å². The molecule has 0 aliphatic heterocycles. The fraction of sp³-hybridized carbons (Fsp3) is 0.125. The lowest BCUT2D eigenvalue weighted by Gasteiger charge is -2.14. The van der Waals surface area contributed by atoms with Crippen LogP contribution in [0.3, 0.4) is 0 Å². The van der Waals surface area contributed by atoms with Crippen molar-refractivity contribution in [1.29, 1.82) is 0 Å². The van der Waals surface area contributed by atoms with E-state index in [0.717, 1.165) is 15.7 Å². The van der Waals surface area contributed by atoms with Gasteiger partial charge in [-0.15, -0.1) is 0 Å². The summed E-state index contributed by atoms with van der Waals surface area (Å²) in [5.74, 6) is 0.166. The van der Waals surface area contributed by atoms with Gasteiger partial charge >= 0.3 is 12.4 Å². The molecule has 0 bridgehead atoms. The quantitative estimate of drug-likeness (QED) is 0.328. The Bertz CT molecular complexity index is 954. The van der Waals surface area contributed by atoms with E-state index in [2.05, 4.69) is 32.6 Å². The van der Waals surface area contributed by atoms with Gasteiger partial charge in [0.15, 0.2) is 5.65 Å². The first-order valence-corrected chi connectivity index (χ1v) is 8.01. The highest BCUT2D eigenvalue weighted by atomic mass is 127. The molecule has 0 fully saturated rings. The van der Waals surface area contributed by atoms with E-state index in [1.54, 1.807) is 24.3 Å². The normalized spacial score (nSPS) is 12.4. The van der Waals surface area contributed by atoms with E-state index in [1.165, 1.54) is 0 Å². The standard InChI is InChI=1S/C16H7F6IN2O/c17-15(18,19)11-7-12(16(20,21)22)24-14-10(11)5-6-13(25-14)26-9-3-1-8(23)2-4-9/h1-7H. The predicted molar refractivity (Wildman–Crippen MR) is 88.8 cm³/mol. The lowest BCUT2D eigenvalue weighted by molar-refractivity contribution is -0.144. The maximum atomic E-state index is 13.1. The Labute approximate surface area is 156 Å². The molecule has 3 aromatic rings. The van der Waals surface area contributed by atoms with E-state index in [9.17, 15) is 26.3 Å². The Kier molecular flexibility index (Phi) is 4.71. The second-order valence-corrected chi connectivity index (χ2v) is 6.37. The van der Waals surface area contributed by atoms with E-state index in [-0.39, 0.29) is 11.9 Å². The number of hydrogen-bond acceptors (Lipinski definition) is 3. The number of pyridine rings is 2. The van der Waals surface area contributed by atoms with Crippen LogP contribution in [0.4, 0.5) is 26.3 Å². The van der Waals surface area contributed by atoms with E-state index in [0.29, 0.717) is 5.75 Å². The van der Waals surface area contributed by atoms with Gasteiger partial charge in [0.25, 0.3) is 0 Å². The highest BCUT2D eigenvalue weighted by Gasteiger charge is 2.39. The molecule has 3 rings (SSSR count). The molecule has 0 N–H and O–H groups in total. The van der Waals surface area contributed by atoms with Crippen molar-refractivity contribution in [3.05, 3.63) is 57.3 Å². The smallest absolute Gasteiger partial charge is 0.433 e. The topological polar surface area (TPSA) is 35.0 Å². The average molecular weight is 484 g/mol. The first kappa shape index (κ1) is 18.7. The molecule has 0 amide bonds. The van der Waals surface area contributed by atoms with Gasteiger partial charge in [-0.05, 0) is 59.0 Å². The third-order valence-corrected chi connectivity index (χ3v) is 4.00. The maximum Gasteiger partial charge on any atom is 0.433 e. The van der Waals surface area contributed by atoms with Crippen molar-refractivity contribution in [3.63, 3.8) is 0 Å². The Morgan fingerprint density at radius 2 is 1.46 bits per heavy atom. The van der Waals surface area contributed by atoms with Crippen LogP contribution in [-0.4, -0.2) is 9.97 Å². The largest absolute Gasteiger partial charge is 0.439 e. The van der Waals surface area contributed by atoms with Gasteiger partial charge in [0, 0.05) is 15.0 Å². The number of rotatable bonds is 2. The van der Waals surface area contributed by atoms with Crippen molar-refractivity contribution < 1.29 is 31.1 Å². The second-order valence-electron chi connectivity index (χ2n) is 5.13. The third-order valence-electron chi connectivity index (χ3n) is 3.28. The molecule has 0 saturated carbocycles. The van der Waals surface area contributed by atoms with Crippen LogP contribution in [0.25, 0.3) is 11.0 Å². The first-order valence-electron chi connectivity index (χ1n) is 6.93.